The molecule has 0 saturated carbocycles. The number of ether oxygens (including phenoxy) is 1. The maximum absolute atomic E-state index is 12.9. The standard InChI is InChI=1S/C22H30Cl2N6O3/c1-16(31)28-10-7-27(8-11-28)9-12-30(21(32)33-22(2,3)4)20-15-29(26-25-20)14-17-5-6-18(23)19(24)13-17/h5-6,13,15H,7-12,14H2,1-4H3. The summed E-state index contributed by atoms with van der Waals surface area (Å²) in [4.78, 5) is 30.1. The molecule has 11 heteroatoms. The van der Waals surface area contributed by atoms with E-state index in [-0.39, 0.29) is 5.91 Å². The number of amides is 2. The van der Waals surface area contributed by atoms with E-state index < -0.39 is 11.7 Å². The number of hydrogen-bond donors (Lipinski definition) is 0. The summed E-state index contributed by atoms with van der Waals surface area (Å²) in [5.74, 6) is 0.496. The van der Waals surface area contributed by atoms with Crippen molar-refractivity contribution in [2.24, 2.45) is 0 Å². The van der Waals surface area contributed by atoms with Crippen LogP contribution in [0.2, 0.25) is 10.0 Å². The first kappa shape index (κ1) is 25.3. The van der Waals surface area contributed by atoms with Gasteiger partial charge in [0.15, 0.2) is 5.82 Å². The minimum Gasteiger partial charge on any atom is -0.443 e. The molecule has 0 bridgehead atoms. The second-order valence-electron chi connectivity index (χ2n) is 9.00. The quantitative estimate of drug-likeness (QED) is 0.607. The average Bonchev–Trinajstić information content (AvgIpc) is 3.18. The molecule has 3 rings (SSSR count). The first-order valence-corrected chi connectivity index (χ1v) is 11.6. The molecule has 0 radical (unpaired) electrons. The molecule has 1 aromatic heterocycles. The van der Waals surface area contributed by atoms with E-state index in [0.717, 1.165) is 18.7 Å². The summed E-state index contributed by atoms with van der Waals surface area (Å²) < 4.78 is 7.24. The highest BCUT2D eigenvalue weighted by atomic mass is 35.5. The topological polar surface area (TPSA) is 83.8 Å². The van der Waals surface area contributed by atoms with Crippen LogP contribution in [0.25, 0.3) is 0 Å². The summed E-state index contributed by atoms with van der Waals surface area (Å²) >= 11 is 12.1. The van der Waals surface area contributed by atoms with Crippen LogP contribution in [0.1, 0.15) is 33.3 Å². The normalized spacial score (nSPS) is 14.9. The lowest BCUT2D eigenvalue weighted by molar-refractivity contribution is -0.130. The van der Waals surface area contributed by atoms with Gasteiger partial charge < -0.3 is 9.64 Å². The molecule has 1 aromatic carbocycles. The molecule has 33 heavy (non-hydrogen) atoms. The minimum atomic E-state index is -0.640. The molecule has 1 aliphatic rings. The summed E-state index contributed by atoms with van der Waals surface area (Å²) in [5, 5.41) is 9.33. The molecule has 2 aromatic rings. The molecule has 2 heterocycles. The summed E-state index contributed by atoms with van der Waals surface area (Å²) in [6.45, 7) is 11.4. The zero-order valence-electron chi connectivity index (χ0n) is 19.4. The Kier molecular flexibility index (Phi) is 8.20. The van der Waals surface area contributed by atoms with E-state index in [2.05, 4.69) is 15.2 Å². The van der Waals surface area contributed by atoms with Crippen LogP contribution >= 0.6 is 23.2 Å². The van der Waals surface area contributed by atoms with Crippen molar-refractivity contribution in [3.05, 3.63) is 40.0 Å². The van der Waals surface area contributed by atoms with Gasteiger partial charge in [-0.1, -0.05) is 34.5 Å². The SMILES string of the molecule is CC(=O)N1CCN(CCN(C(=O)OC(C)(C)C)c2cn(Cc3ccc(Cl)c(Cl)c3)nn2)CC1. The van der Waals surface area contributed by atoms with Crippen LogP contribution in [0.5, 0.6) is 0 Å². The number of piperazine rings is 1. The summed E-state index contributed by atoms with van der Waals surface area (Å²) in [7, 11) is 0. The Balaban J connectivity index is 1.69. The number of anilines is 1. The van der Waals surface area contributed by atoms with E-state index >= 15 is 0 Å². The third-order valence-electron chi connectivity index (χ3n) is 5.20. The van der Waals surface area contributed by atoms with Gasteiger partial charge in [0, 0.05) is 46.2 Å². The van der Waals surface area contributed by atoms with Crippen LogP contribution in [0.15, 0.2) is 24.4 Å². The van der Waals surface area contributed by atoms with Gasteiger partial charge in [-0.25, -0.2) is 9.48 Å². The lowest BCUT2D eigenvalue weighted by Gasteiger charge is -2.35. The van der Waals surface area contributed by atoms with E-state index in [9.17, 15) is 9.59 Å². The third-order valence-corrected chi connectivity index (χ3v) is 5.94. The minimum absolute atomic E-state index is 0.0867. The largest absolute Gasteiger partial charge is 0.443 e. The number of carbonyl (C=O) groups is 2. The highest BCUT2D eigenvalue weighted by molar-refractivity contribution is 6.42. The molecular formula is C22H30Cl2N6O3. The van der Waals surface area contributed by atoms with Crippen molar-refractivity contribution in [3.63, 3.8) is 0 Å². The fraction of sp³-hybridized carbons (Fsp3) is 0.545. The van der Waals surface area contributed by atoms with Crippen molar-refractivity contribution >= 4 is 41.0 Å². The van der Waals surface area contributed by atoms with Crippen LogP contribution in [-0.2, 0) is 16.1 Å². The van der Waals surface area contributed by atoms with Gasteiger partial charge in [-0.05, 0) is 38.5 Å². The lowest BCUT2D eigenvalue weighted by atomic mass is 10.2. The van der Waals surface area contributed by atoms with E-state index in [4.69, 9.17) is 27.9 Å². The van der Waals surface area contributed by atoms with Gasteiger partial charge in [0.05, 0.1) is 22.8 Å². The number of rotatable bonds is 6. The predicted octanol–water partition coefficient (Wildman–Crippen LogP) is 3.54. The molecule has 180 valence electrons. The Morgan fingerprint density at radius 1 is 1.12 bits per heavy atom. The zero-order valence-corrected chi connectivity index (χ0v) is 20.9. The maximum atomic E-state index is 12.9. The molecule has 2 amide bonds. The molecule has 0 spiro atoms. The molecule has 0 unspecified atom stereocenters. The van der Waals surface area contributed by atoms with E-state index in [0.29, 0.717) is 48.6 Å². The Bertz CT molecular complexity index is 983. The van der Waals surface area contributed by atoms with Gasteiger partial charge in [-0.2, -0.15) is 0 Å². The lowest BCUT2D eigenvalue weighted by Crippen LogP contribution is -2.50. The van der Waals surface area contributed by atoms with Gasteiger partial charge in [-0.3, -0.25) is 14.6 Å². The molecule has 1 aliphatic heterocycles. The summed E-state index contributed by atoms with van der Waals surface area (Å²) in [5.41, 5.74) is 0.270. The van der Waals surface area contributed by atoms with Crippen molar-refractivity contribution in [2.45, 2.75) is 39.8 Å². The number of halogens is 2. The van der Waals surface area contributed by atoms with Crippen LogP contribution in [-0.4, -0.2) is 81.7 Å². The highest BCUT2D eigenvalue weighted by Gasteiger charge is 2.27. The van der Waals surface area contributed by atoms with Gasteiger partial charge in [0.25, 0.3) is 0 Å². The second kappa shape index (κ2) is 10.7. The zero-order chi connectivity index (χ0) is 24.2. The molecule has 1 saturated heterocycles. The van der Waals surface area contributed by atoms with E-state index in [1.165, 1.54) is 4.90 Å². The van der Waals surface area contributed by atoms with Crippen LogP contribution in [0.4, 0.5) is 10.6 Å². The average molecular weight is 497 g/mol. The van der Waals surface area contributed by atoms with Crippen LogP contribution in [0.3, 0.4) is 0 Å². The number of carbonyl (C=O) groups excluding carboxylic acids is 2. The van der Waals surface area contributed by atoms with Gasteiger partial charge in [0.2, 0.25) is 5.91 Å². The molecule has 1 fully saturated rings. The van der Waals surface area contributed by atoms with Gasteiger partial charge in [0.1, 0.15) is 5.60 Å². The summed E-state index contributed by atoms with van der Waals surface area (Å²) in [6.07, 6.45) is 1.23. The molecule has 9 nitrogen and oxygen atoms in total. The number of nitrogens with zero attached hydrogens (tertiary/aromatic N) is 6. The van der Waals surface area contributed by atoms with E-state index in [1.807, 2.05) is 31.7 Å². The summed E-state index contributed by atoms with van der Waals surface area (Å²) in [6, 6.07) is 5.37. The van der Waals surface area contributed by atoms with Gasteiger partial charge >= 0.3 is 6.09 Å². The van der Waals surface area contributed by atoms with Crippen molar-refractivity contribution < 1.29 is 14.3 Å². The second-order valence-corrected chi connectivity index (χ2v) is 9.82. The van der Waals surface area contributed by atoms with Crippen LogP contribution in [0, 0.1) is 0 Å². The van der Waals surface area contributed by atoms with Crippen molar-refractivity contribution in [2.75, 3.05) is 44.2 Å². The number of hydrogen-bond acceptors (Lipinski definition) is 6. The van der Waals surface area contributed by atoms with Gasteiger partial charge in [-0.15, -0.1) is 5.10 Å². The highest BCUT2D eigenvalue weighted by Crippen LogP contribution is 2.23. The fourth-order valence-corrected chi connectivity index (χ4v) is 3.78. The first-order valence-electron chi connectivity index (χ1n) is 10.8. The first-order chi connectivity index (χ1) is 15.5. The number of benzene rings is 1. The molecular weight excluding hydrogens is 467 g/mol. The predicted molar refractivity (Wildman–Crippen MR) is 128 cm³/mol. The van der Waals surface area contributed by atoms with Crippen molar-refractivity contribution in [1.29, 1.82) is 0 Å². The fourth-order valence-electron chi connectivity index (χ4n) is 3.46. The van der Waals surface area contributed by atoms with Crippen molar-refractivity contribution in [3.8, 4) is 0 Å². The molecule has 0 atom stereocenters. The Morgan fingerprint density at radius 3 is 2.42 bits per heavy atom. The molecule has 0 N–H and O–H groups in total. The Morgan fingerprint density at radius 2 is 1.82 bits per heavy atom. The molecule has 0 aliphatic carbocycles. The number of aromatic nitrogens is 3. The Labute approximate surface area is 204 Å². The monoisotopic (exact) mass is 496 g/mol. The maximum Gasteiger partial charge on any atom is 0.416 e. The van der Waals surface area contributed by atoms with Crippen LogP contribution < -0.4 is 4.90 Å². The van der Waals surface area contributed by atoms with Crippen molar-refractivity contribution in [1.82, 2.24) is 24.8 Å². The smallest absolute Gasteiger partial charge is 0.416 e. The van der Waals surface area contributed by atoms with E-state index in [1.54, 1.807) is 29.9 Å². The third kappa shape index (κ3) is 7.31. The Hall–Kier alpha value is -2.36.